The predicted octanol–water partition coefficient (Wildman–Crippen LogP) is 1.49. The number of ether oxygens (including phenoxy) is 1. The third kappa shape index (κ3) is 2.50. The topological polar surface area (TPSA) is 70.2 Å². The highest BCUT2D eigenvalue weighted by atomic mass is 32.2. The van der Waals surface area contributed by atoms with Crippen molar-refractivity contribution in [1.29, 1.82) is 0 Å². The number of carbonyl (C=O) groups excluding carboxylic acids is 1. The number of furan rings is 1. The number of hydrogen-bond donors (Lipinski definition) is 0. The van der Waals surface area contributed by atoms with Crippen LogP contribution in [0.25, 0.3) is 0 Å². The minimum atomic E-state index is -0.469. The van der Waals surface area contributed by atoms with Crippen LogP contribution < -0.4 is 0 Å². The molecule has 0 aliphatic carbocycles. The second-order valence-corrected chi connectivity index (χ2v) is 4.22. The lowest BCUT2D eigenvalue weighted by atomic mass is 10.3. The van der Waals surface area contributed by atoms with Crippen molar-refractivity contribution in [2.75, 3.05) is 7.11 Å². The molecule has 0 bridgehead atoms. The van der Waals surface area contributed by atoms with Crippen LogP contribution in [-0.2, 0) is 17.5 Å². The molecule has 0 saturated heterocycles. The van der Waals surface area contributed by atoms with Gasteiger partial charge in [-0.2, -0.15) is 0 Å². The maximum absolute atomic E-state index is 11.4. The van der Waals surface area contributed by atoms with E-state index in [1.54, 1.807) is 12.4 Å². The van der Waals surface area contributed by atoms with Crippen LogP contribution in [0, 0.1) is 0 Å². The molecule has 0 spiro atoms. The van der Waals surface area contributed by atoms with Gasteiger partial charge in [-0.15, -0.1) is 10.2 Å². The van der Waals surface area contributed by atoms with Gasteiger partial charge in [0.05, 0.1) is 13.4 Å². The Kier molecular flexibility index (Phi) is 3.48. The molecule has 0 fully saturated rings. The van der Waals surface area contributed by atoms with Gasteiger partial charge in [-0.25, -0.2) is 4.79 Å². The Morgan fingerprint density at radius 1 is 1.65 bits per heavy atom. The molecule has 2 heterocycles. The molecular weight excluding hydrogens is 242 g/mol. The van der Waals surface area contributed by atoms with E-state index in [1.165, 1.54) is 25.1 Å². The first-order valence-electron chi connectivity index (χ1n) is 4.84. The maximum Gasteiger partial charge on any atom is 0.374 e. The lowest BCUT2D eigenvalue weighted by Gasteiger charge is -2.00. The van der Waals surface area contributed by atoms with Crippen LogP contribution in [0.3, 0.4) is 0 Å². The van der Waals surface area contributed by atoms with E-state index < -0.39 is 5.97 Å². The number of methoxy groups -OCH3 is 1. The van der Waals surface area contributed by atoms with E-state index in [0.717, 1.165) is 10.7 Å². The number of aryl methyl sites for hydroxylation is 1. The molecule has 2 rings (SSSR count). The van der Waals surface area contributed by atoms with Gasteiger partial charge in [-0.3, -0.25) is 0 Å². The molecule has 0 amide bonds. The molecule has 6 nitrogen and oxygen atoms in total. The average Bonchev–Trinajstić information content (AvgIpc) is 2.94. The van der Waals surface area contributed by atoms with Crippen LogP contribution in [0.2, 0.25) is 0 Å². The lowest BCUT2D eigenvalue weighted by Crippen LogP contribution is -2.02. The molecule has 0 radical (unpaired) electrons. The summed E-state index contributed by atoms with van der Waals surface area (Å²) in [7, 11) is 3.18. The summed E-state index contributed by atoms with van der Waals surface area (Å²) in [4.78, 5) is 11.4. The van der Waals surface area contributed by atoms with Crippen molar-refractivity contribution in [3.8, 4) is 0 Å². The van der Waals surface area contributed by atoms with Crippen LogP contribution in [0.4, 0.5) is 0 Å². The smallest absolute Gasteiger partial charge is 0.374 e. The highest BCUT2D eigenvalue weighted by Gasteiger charge is 2.16. The third-order valence-electron chi connectivity index (χ3n) is 2.14. The fourth-order valence-electron chi connectivity index (χ4n) is 1.27. The molecular formula is C10H11N3O3S. The van der Waals surface area contributed by atoms with E-state index in [2.05, 4.69) is 14.9 Å². The van der Waals surface area contributed by atoms with Crippen molar-refractivity contribution in [1.82, 2.24) is 14.8 Å². The summed E-state index contributed by atoms with van der Waals surface area (Å²) in [6.07, 6.45) is 3.09. The van der Waals surface area contributed by atoms with Gasteiger partial charge >= 0.3 is 5.97 Å². The molecule has 7 heteroatoms. The normalized spacial score (nSPS) is 10.5. The van der Waals surface area contributed by atoms with Gasteiger partial charge in [0.1, 0.15) is 6.33 Å². The zero-order chi connectivity index (χ0) is 12.3. The third-order valence-corrected chi connectivity index (χ3v) is 3.23. The highest BCUT2D eigenvalue weighted by molar-refractivity contribution is 7.98. The summed E-state index contributed by atoms with van der Waals surface area (Å²) in [5.74, 6) is 0.346. The van der Waals surface area contributed by atoms with Crippen LogP contribution in [-0.4, -0.2) is 27.8 Å². The Labute approximate surface area is 102 Å². The first-order chi connectivity index (χ1) is 8.22. The summed E-state index contributed by atoms with van der Waals surface area (Å²) in [5.41, 5.74) is 0.782. The number of hydrogen-bond acceptors (Lipinski definition) is 6. The summed E-state index contributed by atoms with van der Waals surface area (Å²) in [6.45, 7) is 0. The zero-order valence-corrected chi connectivity index (χ0v) is 10.2. The SMILES string of the molecule is COC(=O)c1occc1CSc1nncn1C. The number of rotatable bonds is 4. The van der Waals surface area contributed by atoms with Crippen LogP contribution in [0.5, 0.6) is 0 Å². The van der Waals surface area contributed by atoms with Gasteiger partial charge < -0.3 is 13.7 Å². The fourth-order valence-corrected chi connectivity index (χ4v) is 2.13. The van der Waals surface area contributed by atoms with Crippen molar-refractivity contribution in [2.24, 2.45) is 7.05 Å². The number of thioether (sulfide) groups is 1. The Balaban J connectivity index is 2.07. The summed E-state index contributed by atoms with van der Waals surface area (Å²) >= 11 is 1.48. The van der Waals surface area contributed by atoms with Gasteiger partial charge in [-0.05, 0) is 6.07 Å². The second-order valence-electron chi connectivity index (χ2n) is 3.28. The van der Waals surface area contributed by atoms with Crippen molar-refractivity contribution in [2.45, 2.75) is 10.9 Å². The van der Waals surface area contributed by atoms with E-state index >= 15 is 0 Å². The average molecular weight is 253 g/mol. The second kappa shape index (κ2) is 5.05. The molecule has 0 N–H and O–H groups in total. The van der Waals surface area contributed by atoms with E-state index in [1.807, 2.05) is 11.6 Å². The predicted molar refractivity (Wildman–Crippen MR) is 60.6 cm³/mol. The summed E-state index contributed by atoms with van der Waals surface area (Å²) in [6, 6.07) is 1.75. The van der Waals surface area contributed by atoms with E-state index in [9.17, 15) is 4.79 Å². The molecule has 0 unspecified atom stereocenters. The van der Waals surface area contributed by atoms with Crippen LogP contribution in [0.1, 0.15) is 16.1 Å². The minimum absolute atomic E-state index is 0.238. The lowest BCUT2D eigenvalue weighted by molar-refractivity contribution is 0.0564. The monoisotopic (exact) mass is 253 g/mol. The largest absolute Gasteiger partial charge is 0.463 e. The minimum Gasteiger partial charge on any atom is -0.463 e. The van der Waals surface area contributed by atoms with Gasteiger partial charge in [0.25, 0.3) is 0 Å². The molecule has 0 saturated carbocycles. The van der Waals surface area contributed by atoms with Gasteiger partial charge in [-0.1, -0.05) is 11.8 Å². The van der Waals surface area contributed by atoms with Crippen molar-refractivity contribution < 1.29 is 13.9 Å². The van der Waals surface area contributed by atoms with Crippen molar-refractivity contribution in [3.63, 3.8) is 0 Å². The Morgan fingerprint density at radius 3 is 3.12 bits per heavy atom. The highest BCUT2D eigenvalue weighted by Crippen LogP contribution is 2.23. The zero-order valence-electron chi connectivity index (χ0n) is 9.41. The van der Waals surface area contributed by atoms with Crippen molar-refractivity contribution in [3.05, 3.63) is 30.0 Å². The van der Waals surface area contributed by atoms with E-state index in [0.29, 0.717) is 5.75 Å². The fraction of sp³-hybridized carbons (Fsp3) is 0.300. The Hall–Kier alpha value is -1.76. The Morgan fingerprint density at radius 2 is 2.47 bits per heavy atom. The summed E-state index contributed by atoms with van der Waals surface area (Å²) in [5, 5.41) is 8.49. The van der Waals surface area contributed by atoms with Crippen molar-refractivity contribution >= 4 is 17.7 Å². The van der Waals surface area contributed by atoms with E-state index in [-0.39, 0.29) is 5.76 Å². The molecule has 0 atom stereocenters. The molecule has 2 aromatic rings. The molecule has 0 aliphatic heterocycles. The first kappa shape index (κ1) is 11.7. The Bertz CT molecular complexity index is 520. The first-order valence-corrected chi connectivity index (χ1v) is 5.82. The number of carbonyl (C=O) groups is 1. The van der Waals surface area contributed by atoms with Gasteiger partial charge in [0.2, 0.25) is 5.76 Å². The number of nitrogens with zero attached hydrogens (tertiary/aromatic N) is 3. The van der Waals surface area contributed by atoms with Gasteiger partial charge in [0, 0.05) is 18.4 Å². The molecule has 0 aliphatic rings. The molecule has 2 aromatic heterocycles. The molecule has 90 valence electrons. The van der Waals surface area contributed by atoms with Gasteiger partial charge in [0.15, 0.2) is 5.16 Å². The van der Waals surface area contributed by atoms with Crippen LogP contribution >= 0.6 is 11.8 Å². The summed E-state index contributed by atoms with van der Waals surface area (Å²) < 4.78 is 11.5. The maximum atomic E-state index is 11.4. The molecule has 0 aromatic carbocycles. The number of aromatic nitrogens is 3. The quantitative estimate of drug-likeness (QED) is 0.607. The number of esters is 1. The molecule has 17 heavy (non-hydrogen) atoms. The standard InChI is InChI=1S/C10H11N3O3S/c1-13-6-11-12-10(13)17-5-7-3-4-16-8(7)9(14)15-2/h3-4,6H,5H2,1-2H3. The van der Waals surface area contributed by atoms with E-state index in [4.69, 9.17) is 4.42 Å². The van der Waals surface area contributed by atoms with Crippen LogP contribution in [0.15, 0.2) is 28.2 Å².